The van der Waals surface area contributed by atoms with Crippen LogP contribution in [0.2, 0.25) is 0 Å². The molecule has 0 aromatic carbocycles. The van der Waals surface area contributed by atoms with Gasteiger partial charge in [0.05, 0.1) is 7.11 Å². The van der Waals surface area contributed by atoms with Crippen LogP contribution in [-0.4, -0.2) is 23.0 Å². The van der Waals surface area contributed by atoms with Crippen LogP contribution < -0.4 is 5.73 Å². The lowest BCUT2D eigenvalue weighted by molar-refractivity contribution is 0.0601. The number of carbonyl (C=O) groups is 1. The third kappa shape index (κ3) is 2.18. The molecular weight excluding hydrogens is 182 g/mol. The molecule has 0 fully saturated rings. The third-order valence-corrected chi connectivity index (χ3v) is 1.75. The highest BCUT2D eigenvalue weighted by molar-refractivity contribution is 5.93. The molecule has 0 unspecified atom stereocenters. The molecule has 0 radical (unpaired) electrons. The Kier molecular flexibility index (Phi) is 3.39. The van der Waals surface area contributed by atoms with E-state index in [4.69, 9.17) is 5.73 Å². The van der Waals surface area contributed by atoms with Crippen molar-refractivity contribution in [3.63, 3.8) is 0 Å². The van der Waals surface area contributed by atoms with E-state index in [2.05, 4.69) is 14.7 Å². The van der Waals surface area contributed by atoms with Crippen LogP contribution in [0, 0.1) is 0 Å². The second-order valence-corrected chi connectivity index (χ2v) is 2.83. The predicted molar refractivity (Wildman–Crippen MR) is 51.8 cm³/mol. The first-order valence-electron chi connectivity index (χ1n) is 4.38. The van der Waals surface area contributed by atoms with Crippen LogP contribution in [0.15, 0.2) is 6.20 Å². The second-order valence-electron chi connectivity index (χ2n) is 2.83. The number of rotatable bonds is 3. The molecule has 0 spiro atoms. The van der Waals surface area contributed by atoms with Crippen LogP contribution in [-0.2, 0) is 11.2 Å². The van der Waals surface area contributed by atoms with Gasteiger partial charge in [-0.2, -0.15) is 0 Å². The normalized spacial score (nSPS) is 9.86. The molecule has 0 saturated heterocycles. The number of nitrogens with zero attached hydrogens (tertiary/aromatic N) is 2. The second kappa shape index (κ2) is 4.55. The van der Waals surface area contributed by atoms with Crippen molar-refractivity contribution in [1.29, 1.82) is 0 Å². The molecule has 0 aliphatic rings. The number of hydrogen-bond donors (Lipinski definition) is 1. The van der Waals surface area contributed by atoms with E-state index >= 15 is 0 Å². The number of esters is 1. The molecule has 5 nitrogen and oxygen atoms in total. The van der Waals surface area contributed by atoms with E-state index in [0.29, 0.717) is 5.82 Å². The van der Waals surface area contributed by atoms with Crippen LogP contribution in [0.5, 0.6) is 0 Å². The van der Waals surface area contributed by atoms with Gasteiger partial charge in [0.2, 0.25) is 0 Å². The standard InChI is InChI=1S/C9H13N3O2/c1-3-4-7-11-5-6(8(10)12-7)9(13)14-2/h5H,3-4H2,1-2H3,(H2,10,11,12). The molecule has 0 amide bonds. The maximum Gasteiger partial charge on any atom is 0.343 e. The fourth-order valence-electron chi connectivity index (χ4n) is 1.04. The molecule has 76 valence electrons. The maximum absolute atomic E-state index is 11.1. The van der Waals surface area contributed by atoms with Crippen molar-refractivity contribution in [2.75, 3.05) is 12.8 Å². The lowest BCUT2D eigenvalue weighted by atomic mass is 10.3. The summed E-state index contributed by atoms with van der Waals surface area (Å²) in [6, 6.07) is 0. The van der Waals surface area contributed by atoms with Gasteiger partial charge < -0.3 is 10.5 Å². The number of hydrogen-bond acceptors (Lipinski definition) is 5. The molecule has 14 heavy (non-hydrogen) atoms. The number of nitrogens with two attached hydrogens (primary N) is 1. The quantitative estimate of drug-likeness (QED) is 0.721. The molecule has 5 heteroatoms. The number of ether oxygens (including phenoxy) is 1. The molecule has 1 aromatic heterocycles. The van der Waals surface area contributed by atoms with E-state index in [-0.39, 0.29) is 11.4 Å². The first-order valence-corrected chi connectivity index (χ1v) is 4.38. The zero-order valence-corrected chi connectivity index (χ0v) is 8.28. The van der Waals surface area contributed by atoms with Crippen molar-refractivity contribution in [2.24, 2.45) is 0 Å². The van der Waals surface area contributed by atoms with Crippen molar-refractivity contribution < 1.29 is 9.53 Å². The number of nitrogen functional groups attached to an aromatic ring is 1. The Bertz CT molecular complexity index is 339. The minimum atomic E-state index is -0.509. The number of methoxy groups -OCH3 is 1. The van der Waals surface area contributed by atoms with Crippen molar-refractivity contribution in [3.05, 3.63) is 17.6 Å². The summed E-state index contributed by atoms with van der Waals surface area (Å²) in [5, 5.41) is 0. The Morgan fingerprint density at radius 1 is 1.64 bits per heavy atom. The molecule has 0 aliphatic carbocycles. The minimum Gasteiger partial charge on any atom is -0.465 e. The summed E-state index contributed by atoms with van der Waals surface area (Å²) in [7, 11) is 1.29. The Labute approximate surface area is 82.3 Å². The van der Waals surface area contributed by atoms with Crippen LogP contribution in [0.4, 0.5) is 5.82 Å². The fraction of sp³-hybridized carbons (Fsp3) is 0.444. The molecule has 0 aliphatic heterocycles. The molecule has 0 saturated carbocycles. The van der Waals surface area contributed by atoms with E-state index in [1.54, 1.807) is 0 Å². The molecule has 1 aromatic rings. The fourth-order valence-corrected chi connectivity index (χ4v) is 1.04. The van der Waals surface area contributed by atoms with Gasteiger partial charge in [0.15, 0.2) is 0 Å². The average molecular weight is 195 g/mol. The van der Waals surface area contributed by atoms with Gasteiger partial charge in [-0.05, 0) is 6.42 Å². The molecule has 2 N–H and O–H groups in total. The van der Waals surface area contributed by atoms with Gasteiger partial charge in [-0.3, -0.25) is 0 Å². The molecule has 0 atom stereocenters. The highest BCUT2D eigenvalue weighted by atomic mass is 16.5. The van der Waals surface area contributed by atoms with Crippen molar-refractivity contribution in [3.8, 4) is 0 Å². The Morgan fingerprint density at radius 3 is 2.86 bits per heavy atom. The van der Waals surface area contributed by atoms with Crippen LogP contribution >= 0.6 is 0 Å². The molecule has 1 heterocycles. The van der Waals surface area contributed by atoms with E-state index in [1.165, 1.54) is 13.3 Å². The predicted octanol–water partition coefficient (Wildman–Crippen LogP) is 0.798. The van der Waals surface area contributed by atoms with Crippen LogP contribution in [0.3, 0.4) is 0 Å². The first kappa shape index (κ1) is 10.4. The van der Waals surface area contributed by atoms with E-state index in [9.17, 15) is 4.79 Å². The summed E-state index contributed by atoms with van der Waals surface area (Å²) in [6.07, 6.45) is 3.10. The summed E-state index contributed by atoms with van der Waals surface area (Å²) in [5.74, 6) is 0.318. The number of anilines is 1. The molecular formula is C9H13N3O2. The average Bonchev–Trinajstić information content (AvgIpc) is 2.17. The van der Waals surface area contributed by atoms with Gasteiger partial charge in [0.1, 0.15) is 17.2 Å². The van der Waals surface area contributed by atoms with E-state index in [0.717, 1.165) is 12.8 Å². The van der Waals surface area contributed by atoms with E-state index in [1.807, 2.05) is 6.92 Å². The van der Waals surface area contributed by atoms with Gasteiger partial charge in [0, 0.05) is 12.6 Å². The first-order chi connectivity index (χ1) is 6.69. The topological polar surface area (TPSA) is 78.1 Å². The summed E-state index contributed by atoms with van der Waals surface area (Å²) < 4.78 is 4.52. The molecule has 1 rings (SSSR count). The zero-order chi connectivity index (χ0) is 10.6. The highest BCUT2D eigenvalue weighted by Crippen LogP contribution is 2.09. The smallest absolute Gasteiger partial charge is 0.343 e. The number of aromatic nitrogens is 2. The summed E-state index contributed by atoms with van der Waals surface area (Å²) in [5.41, 5.74) is 5.79. The Hall–Kier alpha value is -1.65. The SMILES string of the molecule is CCCc1ncc(C(=O)OC)c(N)n1. The van der Waals surface area contributed by atoms with E-state index < -0.39 is 5.97 Å². The Morgan fingerprint density at radius 2 is 2.36 bits per heavy atom. The van der Waals surface area contributed by atoms with Gasteiger partial charge in [-0.1, -0.05) is 6.92 Å². The van der Waals surface area contributed by atoms with Gasteiger partial charge in [-0.25, -0.2) is 14.8 Å². The summed E-state index contributed by atoms with van der Waals surface area (Å²) in [4.78, 5) is 19.1. The monoisotopic (exact) mass is 195 g/mol. The lowest BCUT2D eigenvalue weighted by Crippen LogP contribution is -2.10. The summed E-state index contributed by atoms with van der Waals surface area (Å²) >= 11 is 0. The third-order valence-electron chi connectivity index (χ3n) is 1.75. The van der Waals surface area contributed by atoms with Crippen molar-refractivity contribution in [1.82, 2.24) is 9.97 Å². The number of carbonyl (C=O) groups excluding carboxylic acids is 1. The van der Waals surface area contributed by atoms with Gasteiger partial charge in [0.25, 0.3) is 0 Å². The lowest BCUT2D eigenvalue weighted by Gasteiger charge is -2.03. The van der Waals surface area contributed by atoms with Crippen LogP contribution in [0.25, 0.3) is 0 Å². The van der Waals surface area contributed by atoms with Gasteiger partial charge in [-0.15, -0.1) is 0 Å². The zero-order valence-electron chi connectivity index (χ0n) is 8.28. The summed E-state index contributed by atoms with van der Waals surface area (Å²) in [6.45, 7) is 2.02. The number of aryl methyl sites for hydroxylation is 1. The maximum atomic E-state index is 11.1. The molecule has 0 bridgehead atoms. The largest absolute Gasteiger partial charge is 0.465 e. The highest BCUT2D eigenvalue weighted by Gasteiger charge is 2.11. The van der Waals surface area contributed by atoms with Crippen molar-refractivity contribution in [2.45, 2.75) is 19.8 Å². The van der Waals surface area contributed by atoms with Crippen molar-refractivity contribution >= 4 is 11.8 Å². The minimum absolute atomic E-state index is 0.176. The van der Waals surface area contributed by atoms with Crippen LogP contribution in [0.1, 0.15) is 29.5 Å². The Balaban J connectivity index is 2.95. The van der Waals surface area contributed by atoms with Gasteiger partial charge >= 0.3 is 5.97 Å².